The second kappa shape index (κ2) is 14.1. The highest BCUT2D eigenvalue weighted by Crippen LogP contribution is 2.13. The normalized spacial score (nSPS) is 13.7. The fourth-order valence-corrected chi connectivity index (χ4v) is 2.36. The van der Waals surface area contributed by atoms with Gasteiger partial charge in [-0.05, 0) is 73.1 Å². The number of carbonyl (C=O) groups excluding carboxylic acids is 1. The molecule has 0 aromatic carbocycles. The summed E-state index contributed by atoms with van der Waals surface area (Å²) in [6.07, 6.45) is 13.3. The minimum absolute atomic E-state index is 0.264. The molecule has 0 amide bonds. The summed E-state index contributed by atoms with van der Waals surface area (Å²) in [6.45, 7) is 10.0. The Labute approximate surface area is 158 Å². The number of allylic oxidation sites excluding steroid dienone is 6. The third-order valence-electron chi connectivity index (χ3n) is 4.04. The third-order valence-corrected chi connectivity index (χ3v) is 4.04. The second-order valence-electron chi connectivity index (χ2n) is 6.65. The Balaban J connectivity index is 4.14. The van der Waals surface area contributed by atoms with Crippen molar-refractivity contribution in [1.82, 2.24) is 0 Å². The molecule has 0 spiro atoms. The molecular weight excluding hydrogens is 328 g/mol. The van der Waals surface area contributed by atoms with Crippen molar-refractivity contribution in [2.75, 3.05) is 6.61 Å². The number of aliphatic carboxylic acids is 1. The zero-order valence-corrected chi connectivity index (χ0v) is 16.9. The molecule has 0 fully saturated rings. The summed E-state index contributed by atoms with van der Waals surface area (Å²) in [5.41, 5.74) is 4.08. The number of esters is 1. The van der Waals surface area contributed by atoms with Crippen molar-refractivity contribution in [2.24, 2.45) is 0 Å². The van der Waals surface area contributed by atoms with Crippen LogP contribution in [-0.4, -0.2) is 23.7 Å². The van der Waals surface area contributed by atoms with Crippen LogP contribution in [-0.2, 0) is 14.3 Å². The van der Waals surface area contributed by atoms with Gasteiger partial charge in [-0.3, -0.25) is 0 Å². The van der Waals surface area contributed by atoms with Crippen LogP contribution in [0, 0.1) is 0 Å². The number of ether oxygens (including phenoxy) is 1. The number of carboxylic acid groups (broad SMARTS) is 1. The molecule has 0 bridgehead atoms. The van der Waals surface area contributed by atoms with E-state index >= 15 is 0 Å². The van der Waals surface area contributed by atoms with E-state index in [0.29, 0.717) is 12.2 Å². The first kappa shape index (κ1) is 23.9. The predicted molar refractivity (Wildman–Crippen MR) is 107 cm³/mol. The van der Waals surface area contributed by atoms with E-state index in [-0.39, 0.29) is 5.97 Å². The first-order valence-corrected chi connectivity index (χ1v) is 9.31. The highest BCUT2D eigenvalue weighted by molar-refractivity contribution is 5.85. The summed E-state index contributed by atoms with van der Waals surface area (Å²) in [4.78, 5) is 22.1. The first-order valence-electron chi connectivity index (χ1n) is 9.31. The molecule has 1 N–H and O–H groups in total. The monoisotopic (exact) mass is 362 g/mol. The maximum absolute atomic E-state index is 11.3. The first-order chi connectivity index (χ1) is 12.3. The van der Waals surface area contributed by atoms with Gasteiger partial charge in [-0.1, -0.05) is 34.9 Å². The number of carbonyl (C=O) groups is 2. The van der Waals surface area contributed by atoms with E-state index in [4.69, 9.17) is 9.84 Å². The summed E-state index contributed by atoms with van der Waals surface area (Å²) in [6, 6.07) is 0. The quantitative estimate of drug-likeness (QED) is 0.272. The van der Waals surface area contributed by atoms with Crippen LogP contribution in [0.1, 0.15) is 73.1 Å². The summed E-state index contributed by atoms with van der Waals surface area (Å²) < 4.78 is 4.90. The maximum Gasteiger partial charge on any atom is 0.330 e. The topological polar surface area (TPSA) is 63.6 Å². The minimum atomic E-state index is -0.847. The summed E-state index contributed by atoms with van der Waals surface area (Å²) in [5.74, 6) is -1.11. The summed E-state index contributed by atoms with van der Waals surface area (Å²) in [7, 11) is 0. The van der Waals surface area contributed by atoms with Gasteiger partial charge >= 0.3 is 11.9 Å². The average Bonchev–Trinajstić information content (AvgIpc) is 2.54. The molecule has 0 atom stereocenters. The van der Waals surface area contributed by atoms with Gasteiger partial charge in [0.05, 0.1) is 6.61 Å². The van der Waals surface area contributed by atoms with Crippen LogP contribution >= 0.6 is 0 Å². The van der Waals surface area contributed by atoms with E-state index < -0.39 is 5.97 Å². The summed E-state index contributed by atoms with van der Waals surface area (Å²) >= 11 is 0. The predicted octanol–water partition coefficient (Wildman–Crippen LogP) is 5.76. The van der Waals surface area contributed by atoms with Gasteiger partial charge in [0.15, 0.2) is 0 Å². The Kier molecular flexibility index (Phi) is 13.0. The fourth-order valence-electron chi connectivity index (χ4n) is 2.36. The zero-order chi connectivity index (χ0) is 19.9. The molecule has 4 nitrogen and oxygen atoms in total. The molecule has 0 rings (SSSR count). The van der Waals surface area contributed by atoms with Gasteiger partial charge in [-0.15, -0.1) is 0 Å². The minimum Gasteiger partial charge on any atom is -0.478 e. The molecule has 0 unspecified atom stereocenters. The highest BCUT2D eigenvalue weighted by atomic mass is 16.5. The molecule has 0 saturated heterocycles. The van der Waals surface area contributed by atoms with E-state index in [1.807, 2.05) is 6.92 Å². The lowest BCUT2D eigenvalue weighted by molar-refractivity contribution is -0.137. The Hall–Kier alpha value is -2.10. The maximum atomic E-state index is 11.3. The molecule has 0 aliphatic carbocycles. The van der Waals surface area contributed by atoms with Crippen molar-refractivity contribution in [3.8, 4) is 0 Å². The highest BCUT2D eigenvalue weighted by Gasteiger charge is 1.99. The van der Waals surface area contributed by atoms with E-state index in [0.717, 1.165) is 44.1 Å². The van der Waals surface area contributed by atoms with Gasteiger partial charge in [0.1, 0.15) is 0 Å². The third kappa shape index (κ3) is 13.2. The molecule has 0 heterocycles. The second-order valence-corrected chi connectivity index (χ2v) is 6.65. The molecule has 26 heavy (non-hydrogen) atoms. The summed E-state index contributed by atoms with van der Waals surface area (Å²) in [5, 5.41) is 8.81. The van der Waals surface area contributed by atoms with Gasteiger partial charge in [-0.2, -0.15) is 0 Å². The van der Waals surface area contributed by atoms with Gasteiger partial charge in [0.25, 0.3) is 0 Å². The van der Waals surface area contributed by atoms with Crippen LogP contribution in [0.25, 0.3) is 0 Å². The van der Waals surface area contributed by atoms with Crippen molar-refractivity contribution in [2.45, 2.75) is 73.1 Å². The lowest BCUT2D eigenvalue weighted by Crippen LogP contribution is -2.00. The van der Waals surface area contributed by atoms with Crippen molar-refractivity contribution in [3.63, 3.8) is 0 Å². The Morgan fingerprint density at radius 3 is 1.73 bits per heavy atom. The van der Waals surface area contributed by atoms with Crippen LogP contribution in [0.4, 0.5) is 0 Å². The lowest BCUT2D eigenvalue weighted by Gasteiger charge is -2.03. The van der Waals surface area contributed by atoms with Crippen molar-refractivity contribution < 1.29 is 19.4 Å². The molecule has 0 radical (unpaired) electrons. The van der Waals surface area contributed by atoms with Gasteiger partial charge in [-0.25, -0.2) is 9.59 Å². The molecular formula is C22H34O4. The van der Waals surface area contributed by atoms with E-state index in [9.17, 15) is 9.59 Å². The number of rotatable bonds is 12. The van der Waals surface area contributed by atoms with Crippen molar-refractivity contribution in [1.29, 1.82) is 0 Å². The van der Waals surface area contributed by atoms with Gasteiger partial charge in [0.2, 0.25) is 0 Å². The largest absolute Gasteiger partial charge is 0.478 e. The zero-order valence-electron chi connectivity index (χ0n) is 16.9. The van der Waals surface area contributed by atoms with Crippen LogP contribution in [0.15, 0.2) is 46.6 Å². The molecule has 0 aliphatic heterocycles. The van der Waals surface area contributed by atoms with Gasteiger partial charge < -0.3 is 9.84 Å². The Morgan fingerprint density at radius 2 is 1.27 bits per heavy atom. The Bertz CT molecular complexity index is 577. The van der Waals surface area contributed by atoms with E-state index in [1.54, 1.807) is 26.0 Å². The Morgan fingerprint density at radius 1 is 0.808 bits per heavy atom. The van der Waals surface area contributed by atoms with Crippen LogP contribution < -0.4 is 0 Å². The molecule has 4 heteroatoms. The number of hydrogen-bond acceptors (Lipinski definition) is 3. The average molecular weight is 363 g/mol. The molecule has 0 aromatic rings. The van der Waals surface area contributed by atoms with E-state index in [1.165, 1.54) is 11.1 Å². The SMILES string of the molecule is CCOC(=O)/C=C(\C)CC/C=C(\C)CC/C=C(\C)CC/C=C(\C)C(=O)O. The smallest absolute Gasteiger partial charge is 0.330 e. The van der Waals surface area contributed by atoms with Gasteiger partial charge in [0, 0.05) is 11.6 Å². The van der Waals surface area contributed by atoms with E-state index in [2.05, 4.69) is 26.0 Å². The van der Waals surface area contributed by atoms with Crippen LogP contribution in [0.5, 0.6) is 0 Å². The molecule has 0 saturated carbocycles. The molecule has 0 aliphatic rings. The van der Waals surface area contributed by atoms with Crippen LogP contribution in [0.2, 0.25) is 0 Å². The van der Waals surface area contributed by atoms with Crippen LogP contribution in [0.3, 0.4) is 0 Å². The standard InChI is InChI=1S/C22H34O4/c1-6-26-21(23)16-19(4)14-8-12-17(2)10-7-11-18(3)13-9-15-20(5)22(24)25/h11-12,15-16H,6-10,13-14H2,1-5H3,(H,24,25)/b17-12+,18-11+,19-16+,20-15+. The number of carboxylic acids is 1. The lowest BCUT2D eigenvalue weighted by atomic mass is 10.0. The van der Waals surface area contributed by atoms with Crippen molar-refractivity contribution >= 4 is 11.9 Å². The molecule has 0 aromatic heterocycles. The molecule has 146 valence electrons. The number of hydrogen-bond donors (Lipinski definition) is 1. The van der Waals surface area contributed by atoms with Crippen molar-refractivity contribution in [3.05, 3.63) is 46.6 Å². The fraction of sp³-hybridized carbons (Fsp3) is 0.545.